The molecule has 1 fully saturated rings. The number of piperidine rings is 1. The normalized spacial score (nSPS) is 18.6. The third-order valence-electron chi connectivity index (χ3n) is 2.87. The Labute approximate surface area is 110 Å². The molecule has 0 bridgehead atoms. The van der Waals surface area contributed by atoms with E-state index in [9.17, 15) is 8.42 Å². The summed E-state index contributed by atoms with van der Waals surface area (Å²) in [5.41, 5.74) is 0. The predicted octanol–water partition coefficient (Wildman–Crippen LogP) is 1.82. The van der Waals surface area contributed by atoms with Crippen molar-refractivity contribution >= 4 is 32.4 Å². The van der Waals surface area contributed by atoms with E-state index in [0.717, 1.165) is 16.7 Å². The van der Waals surface area contributed by atoms with Crippen LogP contribution in [-0.4, -0.2) is 26.8 Å². The van der Waals surface area contributed by atoms with Gasteiger partial charge >= 0.3 is 0 Å². The van der Waals surface area contributed by atoms with Crippen molar-refractivity contribution in [3.63, 3.8) is 0 Å². The summed E-state index contributed by atoms with van der Waals surface area (Å²) < 4.78 is 25.6. The molecule has 88 valence electrons. The minimum absolute atomic E-state index is 0.214. The molecular weight excluding hydrogens is 337 g/mol. The van der Waals surface area contributed by atoms with Crippen LogP contribution in [0.1, 0.15) is 12.8 Å². The molecule has 1 aliphatic heterocycles. The van der Waals surface area contributed by atoms with Gasteiger partial charge in [-0.2, -0.15) is 0 Å². The fourth-order valence-electron chi connectivity index (χ4n) is 1.92. The van der Waals surface area contributed by atoms with Crippen LogP contribution in [0.4, 0.5) is 0 Å². The molecule has 0 unspecified atom stereocenters. The van der Waals surface area contributed by atoms with Gasteiger partial charge in [-0.3, -0.25) is 0 Å². The Morgan fingerprint density at radius 2 is 1.69 bits per heavy atom. The second-order valence-corrected chi connectivity index (χ2v) is 7.42. The van der Waals surface area contributed by atoms with Crippen LogP contribution in [0.5, 0.6) is 0 Å². The van der Waals surface area contributed by atoms with Crippen LogP contribution in [0.15, 0.2) is 29.2 Å². The highest BCUT2D eigenvalue weighted by molar-refractivity contribution is 14.1. The average Bonchev–Trinajstić information content (AvgIpc) is 2.31. The molecule has 0 spiro atoms. The molecule has 3 nitrogen and oxygen atoms in total. The number of halogens is 1. The first-order valence-electron chi connectivity index (χ1n) is 5.31. The van der Waals surface area contributed by atoms with E-state index in [1.807, 2.05) is 12.1 Å². The van der Waals surface area contributed by atoms with Gasteiger partial charge in [-0.05, 0) is 72.8 Å². The average molecular weight is 351 g/mol. The van der Waals surface area contributed by atoms with Crippen molar-refractivity contribution in [3.8, 4) is 0 Å². The lowest BCUT2D eigenvalue weighted by Gasteiger charge is -2.22. The second kappa shape index (κ2) is 5.01. The van der Waals surface area contributed by atoms with Crippen LogP contribution in [0.2, 0.25) is 0 Å². The van der Waals surface area contributed by atoms with Gasteiger partial charge in [0, 0.05) is 3.57 Å². The van der Waals surface area contributed by atoms with Gasteiger partial charge in [0.25, 0.3) is 0 Å². The Bertz CT molecular complexity index is 449. The van der Waals surface area contributed by atoms with Gasteiger partial charge in [-0.15, -0.1) is 0 Å². The highest BCUT2D eigenvalue weighted by Gasteiger charge is 2.28. The molecule has 0 amide bonds. The minimum Gasteiger partial charge on any atom is -0.317 e. The molecule has 1 saturated heterocycles. The molecule has 5 heteroatoms. The van der Waals surface area contributed by atoms with Crippen molar-refractivity contribution in [2.75, 3.05) is 13.1 Å². The van der Waals surface area contributed by atoms with Crippen LogP contribution >= 0.6 is 22.6 Å². The molecule has 0 saturated carbocycles. The predicted molar refractivity (Wildman–Crippen MR) is 72.2 cm³/mol. The van der Waals surface area contributed by atoms with E-state index >= 15 is 0 Å². The fraction of sp³-hybridized carbons (Fsp3) is 0.455. The van der Waals surface area contributed by atoms with E-state index in [4.69, 9.17) is 0 Å². The number of benzene rings is 1. The lowest BCUT2D eigenvalue weighted by Crippen LogP contribution is -2.35. The van der Waals surface area contributed by atoms with Gasteiger partial charge in [0.1, 0.15) is 0 Å². The van der Waals surface area contributed by atoms with Gasteiger partial charge in [0.2, 0.25) is 0 Å². The fourth-order valence-corrected chi connectivity index (χ4v) is 4.04. The van der Waals surface area contributed by atoms with Crippen LogP contribution in [0.3, 0.4) is 0 Å². The first-order valence-corrected chi connectivity index (χ1v) is 7.93. The van der Waals surface area contributed by atoms with E-state index in [-0.39, 0.29) is 5.25 Å². The SMILES string of the molecule is O=S(=O)(c1ccc(I)cc1)C1CCNCC1. The molecule has 0 radical (unpaired) electrons. The zero-order valence-corrected chi connectivity index (χ0v) is 11.8. The Morgan fingerprint density at radius 3 is 2.25 bits per heavy atom. The third kappa shape index (κ3) is 2.57. The third-order valence-corrected chi connectivity index (χ3v) is 5.86. The maximum absolute atomic E-state index is 12.3. The molecule has 0 aliphatic carbocycles. The van der Waals surface area contributed by atoms with Gasteiger partial charge in [0.15, 0.2) is 9.84 Å². The van der Waals surface area contributed by atoms with E-state index in [0.29, 0.717) is 17.7 Å². The number of rotatable bonds is 2. The molecule has 16 heavy (non-hydrogen) atoms. The number of hydrogen-bond acceptors (Lipinski definition) is 3. The van der Waals surface area contributed by atoms with Crippen molar-refractivity contribution in [2.24, 2.45) is 0 Å². The number of hydrogen-bond donors (Lipinski definition) is 1. The van der Waals surface area contributed by atoms with E-state index in [1.165, 1.54) is 0 Å². The summed E-state index contributed by atoms with van der Waals surface area (Å²) >= 11 is 2.17. The van der Waals surface area contributed by atoms with Crippen molar-refractivity contribution < 1.29 is 8.42 Å². The highest BCUT2D eigenvalue weighted by Crippen LogP contribution is 2.22. The van der Waals surface area contributed by atoms with E-state index in [2.05, 4.69) is 27.9 Å². The maximum atomic E-state index is 12.3. The lowest BCUT2D eigenvalue weighted by molar-refractivity contribution is 0.496. The quantitative estimate of drug-likeness (QED) is 0.827. The van der Waals surface area contributed by atoms with Crippen molar-refractivity contribution in [1.82, 2.24) is 5.32 Å². The summed E-state index contributed by atoms with van der Waals surface area (Å²) in [5, 5.41) is 2.97. The maximum Gasteiger partial charge on any atom is 0.181 e. The van der Waals surface area contributed by atoms with Crippen molar-refractivity contribution in [1.29, 1.82) is 0 Å². The highest BCUT2D eigenvalue weighted by atomic mass is 127. The van der Waals surface area contributed by atoms with Gasteiger partial charge in [0.05, 0.1) is 10.1 Å². The van der Waals surface area contributed by atoms with Gasteiger partial charge in [-0.25, -0.2) is 8.42 Å². The number of nitrogens with one attached hydrogen (secondary N) is 1. The second-order valence-electron chi connectivity index (χ2n) is 3.95. The summed E-state index contributed by atoms with van der Waals surface area (Å²) in [7, 11) is -3.12. The van der Waals surface area contributed by atoms with E-state index < -0.39 is 9.84 Å². The van der Waals surface area contributed by atoms with E-state index in [1.54, 1.807) is 12.1 Å². The topological polar surface area (TPSA) is 46.2 Å². The molecule has 0 atom stereocenters. The summed E-state index contributed by atoms with van der Waals surface area (Å²) in [4.78, 5) is 0.458. The Morgan fingerprint density at radius 1 is 1.12 bits per heavy atom. The smallest absolute Gasteiger partial charge is 0.181 e. The molecular formula is C11H14INO2S. The van der Waals surface area contributed by atoms with Crippen LogP contribution in [0.25, 0.3) is 0 Å². The summed E-state index contributed by atoms with van der Waals surface area (Å²) in [6.45, 7) is 1.60. The van der Waals surface area contributed by atoms with Gasteiger partial charge < -0.3 is 5.32 Å². The molecule has 1 heterocycles. The summed E-state index contributed by atoms with van der Waals surface area (Å²) in [5.74, 6) is 0. The standard InChI is InChI=1S/C11H14INO2S/c12-9-1-3-10(4-2-9)16(14,15)11-5-7-13-8-6-11/h1-4,11,13H,5-8H2. The molecule has 0 aromatic heterocycles. The minimum atomic E-state index is -3.12. The summed E-state index contributed by atoms with van der Waals surface area (Å²) in [6.07, 6.45) is 1.43. The summed E-state index contributed by atoms with van der Waals surface area (Å²) in [6, 6.07) is 7.10. The zero-order chi connectivity index (χ0) is 11.6. The van der Waals surface area contributed by atoms with Crippen molar-refractivity contribution in [2.45, 2.75) is 23.0 Å². The Balaban J connectivity index is 2.27. The molecule has 2 rings (SSSR count). The van der Waals surface area contributed by atoms with Gasteiger partial charge in [-0.1, -0.05) is 0 Å². The molecule has 1 aromatic carbocycles. The largest absolute Gasteiger partial charge is 0.317 e. The Hall–Kier alpha value is -0.140. The zero-order valence-electron chi connectivity index (χ0n) is 8.82. The Kier molecular flexibility index (Phi) is 3.86. The lowest BCUT2D eigenvalue weighted by atomic mass is 10.2. The molecule has 1 aliphatic rings. The van der Waals surface area contributed by atoms with Crippen LogP contribution in [-0.2, 0) is 9.84 Å². The first-order chi connectivity index (χ1) is 7.60. The van der Waals surface area contributed by atoms with Crippen LogP contribution < -0.4 is 5.32 Å². The monoisotopic (exact) mass is 351 g/mol. The van der Waals surface area contributed by atoms with Crippen LogP contribution in [0, 0.1) is 3.57 Å². The molecule has 1 N–H and O–H groups in total. The number of sulfone groups is 1. The first kappa shape index (κ1) is 12.3. The van der Waals surface area contributed by atoms with Crippen molar-refractivity contribution in [3.05, 3.63) is 27.8 Å². The molecule has 1 aromatic rings.